The van der Waals surface area contributed by atoms with E-state index in [0.29, 0.717) is 18.2 Å². The van der Waals surface area contributed by atoms with Crippen LogP contribution in [0, 0.1) is 0 Å². The Balaban J connectivity index is 1.84. The van der Waals surface area contributed by atoms with Crippen LogP contribution in [0.5, 0.6) is 0 Å². The predicted octanol–water partition coefficient (Wildman–Crippen LogP) is 3.53. The van der Waals surface area contributed by atoms with Gasteiger partial charge in [0, 0.05) is 43.9 Å². The number of anilines is 1. The van der Waals surface area contributed by atoms with Gasteiger partial charge in [0.1, 0.15) is 10.8 Å². The number of pyridine rings is 1. The molecule has 1 saturated heterocycles. The number of ether oxygens (including phenoxy) is 1. The second kappa shape index (κ2) is 6.96. The van der Waals surface area contributed by atoms with Crippen LogP contribution >= 0.6 is 11.6 Å². The molecule has 0 bridgehead atoms. The van der Waals surface area contributed by atoms with E-state index in [0.717, 1.165) is 24.2 Å². The molecular formula is C15H21ClN4O2. The van der Waals surface area contributed by atoms with Gasteiger partial charge in [-0.2, -0.15) is 5.10 Å². The van der Waals surface area contributed by atoms with Gasteiger partial charge in [-0.3, -0.25) is 5.43 Å². The highest BCUT2D eigenvalue weighted by Crippen LogP contribution is 2.15. The number of hydrogen-bond acceptors (Lipinski definition) is 5. The Morgan fingerprint density at radius 1 is 1.41 bits per heavy atom. The minimum atomic E-state index is -0.465. The van der Waals surface area contributed by atoms with E-state index >= 15 is 0 Å². The normalized spacial score (nSPS) is 15.5. The number of rotatable bonds is 2. The summed E-state index contributed by atoms with van der Waals surface area (Å²) in [5.74, 6) is 0. The lowest BCUT2D eigenvalue weighted by atomic mass is 10.1. The maximum absolute atomic E-state index is 12.0. The van der Waals surface area contributed by atoms with Gasteiger partial charge in [-0.15, -0.1) is 0 Å². The molecule has 6 nitrogen and oxygen atoms in total. The Morgan fingerprint density at radius 2 is 2.09 bits per heavy atom. The maximum Gasteiger partial charge on any atom is 0.410 e. The van der Waals surface area contributed by atoms with E-state index < -0.39 is 5.60 Å². The summed E-state index contributed by atoms with van der Waals surface area (Å²) < 4.78 is 5.36. The third kappa shape index (κ3) is 5.18. The molecule has 120 valence electrons. The molecule has 0 atom stereocenters. The molecule has 2 heterocycles. The molecule has 1 aromatic rings. The van der Waals surface area contributed by atoms with Crippen molar-refractivity contribution in [3.8, 4) is 0 Å². The molecule has 0 radical (unpaired) electrons. The van der Waals surface area contributed by atoms with Crippen LogP contribution in [0.15, 0.2) is 23.4 Å². The van der Waals surface area contributed by atoms with Crippen molar-refractivity contribution in [3.63, 3.8) is 0 Å². The topological polar surface area (TPSA) is 66.8 Å². The molecule has 1 amide bonds. The molecule has 0 saturated carbocycles. The fourth-order valence-electron chi connectivity index (χ4n) is 2.00. The number of halogens is 1. The molecule has 7 heteroatoms. The third-order valence-corrected chi connectivity index (χ3v) is 3.27. The number of carbonyl (C=O) groups is 1. The SMILES string of the molecule is CC(C)(C)OC(=O)N1CCC(=NNc2ccnc(Cl)c2)CC1. The number of likely N-dealkylation sites (tertiary alicyclic amines) is 1. The van der Waals surface area contributed by atoms with Crippen LogP contribution in [-0.2, 0) is 4.74 Å². The van der Waals surface area contributed by atoms with Gasteiger partial charge in [0.15, 0.2) is 0 Å². The molecule has 0 spiro atoms. The van der Waals surface area contributed by atoms with Gasteiger partial charge in [-0.05, 0) is 26.8 Å². The van der Waals surface area contributed by atoms with Gasteiger partial charge < -0.3 is 9.64 Å². The minimum absolute atomic E-state index is 0.263. The fraction of sp³-hybridized carbons (Fsp3) is 0.533. The Labute approximate surface area is 135 Å². The fourth-order valence-corrected chi connectivity index (χ4v) is 2.18. The maximum atomic E-state index is 12.0. The van der Waals surface area contributed by atoms with E-state index in [4.69, 9.17) is 16.3 Å². The van der Waals surface area contributed by atoms with Gasteiger partial charge in [0.05, 0.1) is 5.69 Å². The van der Waals surface area contributed by atoms with Crippen LogP contribution < -0.4 is 5.43 Å². The van der Waals surface area contributed by atoms with E-state index in [1.807, 2.05) is 20.8 Å². The molecule has 0 aromatic carbocycles. The molecule has 2 rings (SSSR count). The van der Waals surface area contributed by atoms with Crippen molar-refractivity contribution in [2.24, 2.45) is 5.10 Å². The third-order valence-electron chi connectivity index (χ3n) is 3.06. The average Bonchev–Trinajstić information content (AvgIpc) is 2.44. The first-order chi connectivity index (χ1) is 10.3. The molecule has 0 aliphatic carbocycles. The predicted molar refractivity (Wildman–Crippen MR) is 87.3 cm³/mol. The molecule has 1 aromatic heterocycles. The summed E-state index contributed by atoms with van der Waals surface area (Å²) in [6.45, 7) is 6.83. The number of piperidine rings is 1. The van der Waals surface area contributed by atoms with Crippen molar-refractivity contribution < 1.29 is 9.53 Å². The second-order valence-electron chi connectivity index (χ2n) is 6.12. The smallest absolute Gasteiger partial charge is 0.410 e. The summed E-state index contributed by atoms with van der Waals surface area (Å²) in [6.07, 6.45) is 2.81. The van der Waals surface area contributed by atoms with Crippen LogP contribution in [0.1, 0.15) is 33.6 Å². The molecule has 1 aliphatic rings. The van der Waals surface area contributed by atoms with Gasteiger partial charge in [0.2, 0.25) is 0 Å². The highest BCUT2D eigenvalue weighted by Gasteiger charge is 2.25. The summed E-state index contributed by atoms with van der Waals surface area (Å²) in [4.78, 5) is 17.6. The number of hydrogen-bond donors (Lipinski definition) is 1. The van der Waals surface area contributed by atoms with Crippen molar-refractivity contribution in [2.45, 2.75) is 39.2 Å². The van der Waals surface area contributed by atoms with Crippen molar-refractivity contribution in [3.05, 3.63) is 23.5 Å². The van der Waals surface area contributed by atoms with Crippen LogP contribution in [0.2, 0.25) is 5.15 Å². The van der Waals surface area contributed by atoms with Crippen LogP contribution in [0.4, 0.5) is 10.5 Å². The first-order valence-corrected chi connectivity index (χ1v) is 7.62. The van der Waals surface area contributed by atoms with Crippen molar-refractivity contribution in [2.75, 3.05) is 18.5 Å². The molecule has 22 heavy (non-hydrogen) atoms. The van der Waals surface area contributed by atoms with E-state index in [9.17, 15) is 4.79 Å². The molecule has 1 aliphatic heterocycles. The van der Waals surface area contributed by atoms with Crippen molar-refractivity contribution >= 4 is 29.1 Å². The Bertz CT molecular complexity index is 559. The Hall–Kier alpha value is -1.82. The second-order valence-corrected chi connectivity index (χ2v) is 6.51. The zero-order chi connectivity index (χ0) is 16.2. The zero-order valence-corrected chi connectivity index (χ0v) is 13.9. The summed E-state index contributed by atoms with van der Waals surface area (Å²) in [7, 11) is 0. The Kier molecular flexibility index (Phi) is 5.24. The first-order valence-electron chi connectivity index (χ1n) is 7.24. The van der Waals surface area contributed by atoms with E-state index in [1.165, 1.54) is 0 Å². The summed E-state index contributed by atoms with van der Waals surface area (Å²) in [5.41, 5.74) is 4.32. The van der Waals surface area contributed by atoms with E-state index in [1.54, 1.807) is 23.2 Å². The lowest BCUT2D eigenvalue weighted by Crippen LogP contribution is -2.42. The summed E-state index contributed by atoms with van der Waals surface area (Å²) in [5, 5.41) is 4.79. The molecule has 0 unspecified atom stereocenters. The largest absolute Gasteiger partial charge is 0.444 e. The zero-order valence-electron chi connectivity index (χ0n) is 13.1. The first kappa shape index (κ1) is 16.5. The number of aromatic nitrogens is 1. The number of hydrazone groups is 1. The molecule has 1 N–H and O–H groups in total. The van der Waals surface area contributed by atoms with E-state index in [2.05, 4.69) is 15.5 Å². The van der Waals surface area contributed by atoms with Gasteiger partial charge in [-0.1, -0.05) is 11.6 Å². The highest BCUT2D eigenvalue weighted by molar-refractivity contribution is 6.29. The number of carbonyl (C=O) groups excluding carboxylic acids is 1. The highest BCUT2D eigenvalue weighted by atomic mass is 35.5. The van der Waals surface area contributed by atoms with E-state index in [-0.39, 0.29) is 6.09 Å². The summed E-state index contributed by atoms with van der Waals surface area (Å²) in [6, 6.07) is 3.51. The van der Waals surface area contributed by atoms with Crippen molar-refractivity contribution in [1.29, 1.82) is 0 Å². The number of nitrogens with one attached hydrogen (secondary N) is 1. The van der Waals surface area contributed by atoms with Crippen LogP contribution in [0.25, 0.3) is 0 Å². The van der Waals surface area contributed by atoms with Gasteiger partial charge in [0.25, 0.3) is 0 Å². The minimum Gasteiger partial charge on any atom is -0.444 e. The number of amides is 1. The number of nitrogens with zero attached hydrogens (tertiary/aromatic N) is 3. The summed E-state index contributed by atoms with van der Waals surface area (Å²) >= 11 is 5.82. The Morgan fingerprint density at radius 3 is 2.68 bits per heavy atom. The monoisotopic (exact) mass is 324 g/mol. The lowest BCUT2D eigenvalue weighted by Gasteiger charge is -2.30. The quantitative estimate of drug-likeness (QED) is 0.667. The van der Waals surface area contributed by atoms with Crippen LogP contribution in [0.3, 0.4) is 0 Å². The van der Waals surface area contributed by atoms with Gasteiger partial charge in [-0.25, -0.2) is 9.78 Å². The standard InChI is InChI=1S/C15H21ClN4O2/c1-15(2,3)22-14(21)20-8-5-11(6-9-20)18-19-12-4-7-17-13(16)10-12/h4,7,10H,5-6,8-9H2,1-3H3,(H,17,19). The van der Waals surface area contributed by atoms with Gasteiger partial charge >= 0.3 is 6.09 Å². The average molecular weight is 325 g/mol. The lowest BCUT2D eigenvalue weighted by molar-refractivity contribution is 0.0249. The molecule has 1 fully saturated rings. The molecular weight excluding hydrogens is 304 g/mol. The van der Waals surface area contributed by atoms with Crippen LogP contribution in [-0.4, -0.2) is 40.4 Å². The van der Waals surface area contributed by atoms with Crippen molar-refractivity contribution in [1.82, 2.24) is 9.88 Å².